The Bertz CT molecular complexity index is 500. The zero-order chi connectivity index (χ0) is 14.3. The van der Waals surface area contributed by atoms with Gasteiger partial charge in [0.15, 0.2) is 0 Å². The van der Waals surface area contributed by atoms with Crippen molar-refractivity contribution in [3.05, 3.63) is 35.6 Å². The smallest absolute Gasteiger partial charge is 0.309 e. The molecule has 1 aromatic carbocycles. The minimum atomic E-state index is -0.237. The Kier molecular flexibility index (Phi) is 3.50. The fraction of sp³-hybridized carbons (Fsp3) is 0.562. The summed E-state index contributed by atoms with van der Waals surface area (Å²) in [4.78, 5) is 14.5. The summed E-state index contributed by atoms with van der Waals surface area (Å²) in [5.41, 5.74) is 1.05. The zero-order valence-corrected chi connectivity index (χ0v) is 11.9. The van der Waals surface area contributed by atoms with Gasteiger partial charge in [-0.3, -0.25) is 4.79 Å². The second kappa shape index (κ2) is 5.17. The van der Waals surface area contributed by atoms with Gasteiger partial charge in [-0.2, -0.15) is 0 Å². The van der Waals surface area contributed by atoms with E-state index in [0.717, 1.165) is 24.9 Å². The van der Waals surface area contributed by atoms with Crippen molar-refractivity contribution >= 4 is 5.97 Å². The molecule has 0 spiro atoms. The van der Waals surface area contributed by atoms with E-state index in [4.69, 9.17) is 4.74 Å². The average Bonchev–Trinajstić information content (AvgIpc) is 2.74. The van der Waals surface area contributed by atoms with E-state index in [0.29, 0.717) is 12.0 Å². The standard InChI is InChI=1S/C16H20FNO2/c1-18-9-11-7-13(18)8-14(15(11)16(19)20-2)10-3-5-12(17)6-4-10/h3-6,11,13-15H,7-9H2,1-2H3/t11-,13?,14?,15?/m0/s1. The third-order valence-electron chi connectivity index (χ3n) is 4.96. The van der Waals surface area contributed by atoms with Gasteiger partial charge in [0.05, 0.1) is 13.0 Å². The quantitative estimate of drug-likeness (QED) is 0.778. The fourth-order valence-corrected chi connectivity index (χ4v) is 3.97. The number of hydrogen-bond acceptors (Lipinski definition) is 3. The summed E-state index contributed by atoms with van der Waals surface area (Å²) in [6.45, 7) is 0.947. The number of halogens is 1. The predicted molar refractivity (Wildman–Crippen MR) is 73.8 cm³/mol. The highest BCUT2D eigenvalue weighted by molar-refractivity contribution is 5.74. The van der Waals surface area contributed by atoms with E-state index in [1.807, 2.05) is 0 Å². The molecular weight excluding hydrogens is 257 g/mol. The lowest BCUT2D eigenvalue weighted by molar-refractivity contribution is -0.148. The molecule has 4 heteroatoms. The van der Waals surface area contributed by atoms with Gasteiger partial charge in [-0.25, -0.2) is 4.39 Å². The molecule has 3 unspecified atom stereocenters. The Morgan fingerprint density at radius 1 is 1.30 bits per heavy atom. The van der Waals surface area contributed by atoms with Gasteiger partial charge in [0.2, 0.25) is 0 Å². The van der Waals surface area contributed by atoms with Crippen molar-refractivity contribution in [1.82, 2.24) is 4.90 Å². The fourth-order valence-electron chi connectivity index (χ4n) is 3.97. The topological polar surface area (TPSA) is 29.5 Å². The van der Waals surface area contributed by atoms with Crippen molar-refractivity contribution in [3.63, 3.8) is 0 Å². The first-order chi connectivity index (χ1) is 9.60. The van der Waals surface area contributed by atoms with Gasteiger partial charge < -0.3 is 9.64 Å². The number of rotatable bonds is 2. The highest BCUT2D eigenvalue weighted by Crippen LogP contribution is 2.47. The van der Waals surface area contributed by atoms with Gasteiger partial charge in [0, 0.05) is 12.6 Å². The number of methoxy groups -OCH3 is 1. The number of esters is 1. The molecule has 1 heterocycles. The molecule has 0 aromatic heterocycles. The average molecular weight is 277 g/mol. The van der Waals surface area contributed by atoms with E-state index in [2.05, 4.69) is 11.9 Å². The summed E-state index contributed by atoms with van der Waals surface area (Å²) in [6.07, 6.45) is 2.01. The van der Waals surface area contributed by atoms with Gasteiger partial charge in [0.25, 0.3) is 0 Å². The van der Waals surface area contributed by atoms with E-state index >= 15 is 0 Å². The van der Waals surface area contributed by atoms with Crippen LogP contribution in [0.2, 0.25) is 0 Å². The minimum Gasteiger partial charge on any atom is -0.469 e. The maximum atomic E-state index is 13.1. The number of nitrogens with zero attached hydrogens (tertiary/aromatic N) is 1. The zero-order valence-electron chi connectivity index (χ0n) is 11.9. The molecule has 0 N–H and O–H groups in total. The second-order valence-corrected chi connectivity index (χ2v) is 6.03. The third-order valence-corrected chi connectivity index (χ3v) is 4.96. The first kappa shape index (κ1) is 13.6. The van der Waals surface area contributed by atoms with Crippen LogP contribution < -0.4 is 0 Å². The second-order valence-electron chi connectivity index (χ2n) is 6.03. The summed E-state index contributed by atoms with van der Waals surface area (Å²) in [7, 11) is 3.57. The van der Waals surface area contributed by atoms with E-state index in [-0.39, 0.29) is 23.6 Å². The number of benzene rings is 1. The van der Waals surface area contributed by atoms with E-state index in [1.165, 1.54) is 19.2 Å². The van der Waals surface area contributed by atoms with Gasteiger partial charge in [-0.05, 0) is 49.4 Å². The molecular formula is C16H20FNO2. The Morgan fingerprint density at radius 2 is 2.00 bits per heavy atom. The van der Waals surface area contributed by atoms with Gasteiger partial charge in [-0.1, -0.05) is 12.1 Å². The molecule has 1 aliphatic heterocycles. The largest absolute Gasteiger partial charge is 0.469 e. The van der Waals surface area contributed by atoms with Crippen LogP contribution in [0.4, 0.5) is 4.39 Å². The van der Waals surface area contributed by atoms with Crippen LogP contribution >= 0.6 is 0 Å². The van der Waals surface area contributed by atoms with Crippen LogP contribution in [0, 0.1) is 17.7 Å². The molecule has 20 heavy (non-hydrogen) atoms. The van der Waals surface area contributed by atoms with Crippen molar-refractivity contribution in [2.24, 2.45) is 11.8 Å². The number of carbonyl (C=O) groups excluding carboxylic acids is 1. The monoisotopic (exact) mass is 277 g/mol. The third kappa shape index (κ3) is 2.22. The minimum absolute atomic E-state index is 0.105. The van der Waals surface area contributed by atoms with E-state index in [1.54, 1.807) is 12.1 Å². The molecule has 4 atom stereocenters. The van der Waals surface area contributed by atoms with Crippen LogP contribution in [-0.4, -0.2) is 37.6 Å². The van der Waals surface area contributed by atoms with Crippen molar-refractivity contribution in [3.8, 4) is 0 Å². The van der Waals surface area contributed by atoms with Crippen molar-refractivity contribution < 1.29 is 13.9 Å². The summed E-state index contributed by atoms with van der Waals surface area (Å²) >= 11 is 0. The first-order valence-electron chi connectivity index (χ1n) is 7.13. The van der Waals surface area contributed by atoms with Crippen LogP contribution in [-0.2, 0) is 9.53 Å². The normalized spacial score (nSPS) is 33.1. The number of likely N-dealkylation sites (tertiary alicyclic amines) is 1. The van der Waals surface area contributed by atoms with Crippen LogP contribution in [0.25, 0.3) is 0 Å². The highest BCUT2D eigenvalue weighted by Gasteiger charge is 2.48. The predicted octanol–water partition coefficient (Wildman–Crippen LogP) is 2.42. The maximum absolute atomic E-state index is 13.1. The number of fused-ring (bicyclic) bond motifs is 2. The van der Waals surface area contributed by atoms with Crippen LogP contribution in [0.5, 0.6) is 0 Å². The lowest BCUT2D eigenvalue weighted by Crippen LogP contribution is -2.36. The lowest BCUT2D eigenvalue weighted by atomic mass is 9.70. The van der Waals surface area contributed by atoms with E-state index in [9.17, 15) is 9.18 Å². The SMILES string of the molecule is COC(=O)C1C(c2ccc(F)cc2)CC2C[C@H]1CN2C. The summed E-state index contributed by atoms with van der Waals surface area (Å²) < 4.78 is 18.1. The van der Waals surface area contributed by atoms with Crippen molar-refractivity contribution in [2.45, 2.75) is 24.8 Å². The number of ether oxygens (including phenoxy) is 1. The summed E-state index contributed by atoms with van der Waals surface area (Å²) in [5.74, 6) is 0.0157. The van der Waals surface area contributed by atoms with Gasteiger partial charge >= 0.3 is 5.97 Å². The lowest BCUT2D eigenvalue weighted by Gasteiger charge is -2.34. The highest BCUT2D eigenvalue weighted by atomic mass is 19.1. The number of hydrogen-bond donors (Lipinski definition) is 0. The molecule has 0 radical (unpaired) electrons. The molecule has 3 rings (SSSR count). The van der Waals surface area contributed by atoms with Crippen LogP contribution in [0.15, 0.2) is 24.3 Å². The molecule has 2 bridgehead atoms. The molecule has 3 nitrogen and oxygen atoms in total. The van der Waals surface area contributed by atoms with Gasteiger partial charge in [-0.15, -0.1) is 0 Å². The number of carbonyl (C=O) groups is 1. The van der Waals surface area contributed by atoms with Crippen LogP contribution in [0.1, 0.15) is 24.3 Å². The van der Waals surface area contributed by atoms with E-state index < -0.39 is 0 Å². The van der Waals surface area contributed by atoms with Crippen molar-refractivity contribution in [2.75, 3.05) is 20.7 Å². The Balaban J connectivity index is 1.94. The molecule has 1 aromatic rings. The summed E-state index contributed by atoms with van der Waals surface area (Å²) in [5, 5.41) is 0. The molecule has 0 amide bonds. The molecule has 108 valence electrons. The molecule has 1 aliphatic carbocycles. The maximum Gasteiger partial charge on any atom is 0.309 e. The molecule has 1 saturated heterocycles. The van der Waals surface area contributed by atoms with Gasteiger partial charge in [0.1, 0.15) is 5.82 Å². The van der Waals surface area contributed by atoms with Crippen molar-refractivity contribution in [1.29, 1.82) is 0 Å². The Labute approximate surface area is 118 Å². The summed E-state index contributed by atoms with van der Waals surface area (Å²) in [6, 6.07) is 7.09. The first-order valence-corrected chi connectivity index (χ1v) is 7.13. The molecule has 2 aliphatic rings. The Hall–Kier alpha value is -1.42. The Morgan fingerprint density at radius 3 is 2.65 bits per heavy atom. The molecule has 2 fully saturated rings. The molecule has 1 saturated carbocycles. The van der Waals surface area contributed by atoms with Crippen LogP contribution in [0.3, 0.4) is 0 Å².